The minimum atomic E-state index is -0.147. The van der Waals surface area contributed by atoms with Crippen molar-refractivity contribution in [1.29, 1.82) is 0 Å². The fourth-order valence-electron chi connectivity index (χ4n) is 1.66. The van der Waals surface area contributed by atoms with Gasteiger partial charge in [-0.1, -0.05) is 0 Å². The summed E-state index contributed by atoms with van der Waals surface area (Å²) in [5.74, 6) is -0.0551. The van der Waals surface area contributed by atoms with Crippen molar-refractivity contribution >= 4 is 33.0 Å². The second-order valence-corrected chi connectivity index (χ2v) is 6.00. The number of ketones is 1. The number of hydrogen-bond donors (Lipinski definition) is 0. The van der Waals surface area contributed by atoms with Crippen LogP contribution in [0.1, 0.15) is 29.6 Å². The summed E-state index contributed by atoms with van der Waals surface area (Å²) in [7, 11) is 0. The second-order valence-electron chi connectivity index (χ2n) is 4.23. The van der Waals surface area contributed by atoms with Gasteiger partial charge in [-0.05, 0) is 41.2 Å². The van der Waals surface area contributed by atoms with Crippen LogP contribution < -0.4 is 5.69 Å². The molecule has 0 saturated carbocycles. The number of hydrogen-bond acceptors (Lipinski definition) is 3. The summed E-state index contributed by atoms with van der Waals surface area (Å²) in [5, 5.41) is 1.85. The molecular weight excluding hydrogens is 316 g/mol. The van der Waals surface area contributed by atoms with E-state index in [2.05, 4.69) is 15.9 Å². The molecule has 2 heterocycles. The number of halogens is 1. The van der Waals surface area contributed by atoms with Crippen molar-refractivity contribution < 1.29 is 4.79 Å². The first kappa shape index (κ1) is 13.3. The van der Waals surface area contributed by atoms with Gasteiger partial charge in [-0.3, -0.25) is 13.9 Å². The van der Waals surface area contributed by atoms with Crippen molar-refractivity contribution in [1.82, 2.24) is 9.13 Å². The average molecular weight is 329 g/mol. The molecule has 0 aliphatic rings. The highest BCUT2D eigenvalue weighted by molar-refractivity contribution is 9.10. The first-order chi connectivity index (χ1) is 8.50. The Morgan fingerprint density at radius 1 is 1.44 bits per heavy atom. The minimum absolute atomic E-state index is 0.0551. The van der Waals surface area contributed by atoms with Crippen LogP contribution in [0.15, 0.2) is 33.1 Å². The van der Waals surface area contributed by atoms with Crippen LogP contribution >= 0.6 is 27.3 Å². The Hall–Kier alpha value is -1.14. The second kappa shape index (κ2) is 5.24. The molecular formula is C12H13BrN2O2S. The van der Waals surface area contributed by atoms with Gasteiger partial charge in [-0.15, -0.1) is 11.3 Å². The van der Waals surface area contributed by atoms with Gasteiger partial charge < -0.3 is 0 Å². The van der Waals surface area contributed by atoms with E-state index in [0.717, 1.165) is 4.47 Å². The van der Waals surface area contributed by atoms with E-state index in [-0.39, 0.29) is 24.1 Å². The van der Waals surface area contributed by atoms with Crippen LogP contribution in [-0.4, -0.2) is 14.9 Å². The molecule has 0 amide bonds. The standard InChI is InChI=1S/C12H13BrN2O2S/c1-8(2)15-5-4-14(12(15)17)7-10(16)11-9(13)3-6-18-11/h3-6,8H,7H2,1-2H3. The average Bonchev–Trinajstić information content (AvgIpc) is 2.86. The van der Waals surface area contributed by atoms with E-state index in [1.54, 1.807) is 17.0 Å². The summed E-state index contributed by atoms with van der Waals surface area (Å²) >= 11 is 4.70. The van der Waals surface area contributed by atoms with E-state index in [4.69, 9.17) is 0 Å². The van der Waals surface area contributed by atoms with Crippen molar-refractivity contribution in [3.05, 3.63) is 43.7 Å². The Labute approximate surface area is 117 Å². The van der Waals surface area contributed by atoms with Crippen LogP contribution in [0.5, 0.6) is 0 Å². The quantitative estimate of drug-likeness (QED) is 0.810. The molecule has 18 heavy (non-hydrogen) atoms. The first-order valence-electron chi connectivity index (χ1n) is 5.54. The van der Waals surface area contributed by atoms with E-state index in [0.29, 0.717) is 4.88 Å². The molecule has 0 unspecified atom stereocenters. The number of carbonyl (C=O) groups excluding carboxylic acids is 1. The van der Waals surface area contributed by atoms with Crippen LogP contribution in [0, 0.1) is 0 Å². The molecule has 4 nitrogen and oxygen atoms in total. The topological polar surface area (TPSA) is 44.0 Å². The number of imidazole rings is 1. The fraction of sp³-hybridized carbons (Fsp3) is 0.333. The molecule has 96 valence electrons. The number of Topliss-reactive ketones (excluding diaryl/α,β-unsaturated/α-hetero) is 1. The normalized spacial score (nSPS) is 11.1. The van der Waals surface area contributed by atoms with Crippen LogP contribution in [-0.2, 0) is 6.54 Å². The Kier molecular flexibility index (Phi) is 3.87. The maximum absolute atomic E-state index is 12.0. The van der Waals surface area contributed by atoms with Gasteiger partial charge in [0.2, 0.25) is 0 Å². The Morgan fingerprint density at radius 2 is 2.17 bits per heavy atom. The Morgan fingerprint density at radius 3 is 2.67 bits per heavy atom. The van der Waals surface area contributed by atoms with Gasteiger partial charge in [0.15, 0.2) is 5.78 Å². The summed E-state index contributed by atoms with van der Waals surface area (Å²) < 4.78 is 3.83. The number of aromatic nitrogens is 2. The van der Waals surface area contributed by atoms with Crippen molar-refractivity contribution in [2.45, 2.75) is 26.4 Å². The highest BCUT2D eigenvalue weighted by Gasteiger charge is 2.14. The lowest BCUT2D eigenvalue weighted by Crippen LogP contribution is -2.27. The molecule has 2 rings (SSSR count). The van der Waals surface area contributed by atoms with Crippen LogP contribution in [0.3, 0.4) is 0 Å². The van der Waals surface area contributed by atoms with Crippen molar-refractivity contribution in [2.24, 2.45) is 0 Å². The van der Waals surface area contributed by atoms with E-state index >= 15 is 0 Å². The summed E-state index contributed by atoms with van der Waals surface area (Å²) in [6.07, 6.45) is 3.37. The molecule has 0 radical (unpaired) electrons. The summed E-state index contributed by atoms with van der Waals surface area (Å²) in [6.45, 7) is 3.95. The minimum Gasteiger partial charge on any atom is -0.297 e. The Bertz CT molecular complexity index is 624. The lowest BCUT2D eigenvalue weighted by molar-refractivity contribution is 0.0974. The van der Waals surface area contributed by atoms with Gasteiger partial charge in [-0.25, -0.2) is 4.79 Å². The monoisotopic (exact) mass is 328 g/mol. The molecule has 0 aliphatic carbocycles. The predicted octanol–water partition coefficient (Wildman–Crippen LogP) is 2.94. The van der Waals surface area contributed by atoms with Gasteiger partial charge >= 0.3 is 5.69 Å². The smallest absolute Gasteiger partial charge is 0.297 e. The van der Waals surface area contributed by atoms with Crippen molar-refractivity contribution in [3.8, 4) is 0 Å². The number of thiophene rings is 1. The molecule has 0 aliphatic heterocycles. The summed E-state index contributed by atoms with van der Waals surface area (Å²) in [5.41, 5.74) is -0.147. The molecule has 6 heteroatoms. The largest absolute Gasteiger partial charge is 0.328 e. The zero-order valence-electron chi connectivity index (χ0n) is 10.1. The van der Waals surface area contributed by atoms with Gasteiger partial charge in [0.1, 0.15) is 0 Å². The molecule has 0 fully saturated rings. The number of carbonyl (C=O) groups is 1. The third-order valence-corrected chi connectivity index (χ3v) is 4.49. The van der Waals surface area contributed by atoms with Crippen LogP contribution in [0.4, 0.5) is 0 Å². The molecule has 0 atom stereocenters. The molecule has 2 aromatic heterocycles. The molecule has 0 spiro atoms. The SMILES string of the molecule is CC(C)n1ccn(CC(=O)c2sccc2Br)c1=O. The third kappa shape index (κ3) is 2.49. The maximum Gasteiger partial charge on any atom is 0.328 e. The lowest BCUT2D eigenvalue weighted by atomic mass is 10.3. The number of nitrogens with zero attached hydrogens (tertiary/aromatic N) is 2. The van der Waals surface area contributed by atoms with E-state index in [1.807, 2.05) is 25.3 Å². The lowest BCUT2D eigenvalue weighted by Gasteiger charge is -2.04. The fourth-order valence-corrected chi connectivity index (χ4v) is 3.19. The molecule has 0 bridgehead atoms. The Balaban J connectivity index is 2.23. The zero-order valence-corrected chi connectivity index (χ0v) is 12.5. The van der Waals surface area contributed by atoms with Crippen molar-refractivity contribution in [3.63, 3.8) is 0 Å². The zero-order chi connectivity index (χ0) is 13.3. The van der Waals surface area contributed by atoms with Gasteiger partial charge in [0, 0.05) is 22.9 Å². The van der Waals surface area contributed by atoms with Crippen LogP contribution in [0.25, 0.3) is 0 Å². The van der Waals surface area contributed by atoms with Gasteiger partial charge in [0.05, 0.1) is 11.4 Å². The molecule has 2 aromatic rings. The number of rotatable bonds is 4. The molecule has 0 aromatic carbocycles. The van der Waals surface area contributed by atoms with Gasteiger partial charge in [-0.2, -0.15) is 0 Å². The van der Waals surface area contributed by atoms with E-state index in [1.165, 1.54) is 15.9 Å². The third-order valence-electron chi connectivity index (χ3n) is 2.61. The molecule has 0 saturated heterocycles. The van der Waals surface area contributed by atoms with Crippen molar-refractivity contribution in [2.75, 3.05) is 0 Å². The van der Waals surface area contributed by atoms with Crippen LogP contribution in [0.2, 0.25) is 0 Å². The summed E-state index contributed by atoms with van der Waals surface area (Å²) in [4.78, 5) is 24.7. The maximum atomic E-state index is 12.0. The highest BCUT2D eigenvalue weighted by Crippen LogP contribution is 2.23. The molecule has 0 N–H and O–H groups in total. The predicted molar refractivity (Wildman–Crippen MR) is 75.4 cm³/mol. The highest BCUT2D eigenvalue weighted by atomic mass is 79.9. The first-order valence-corrected chi connectivity index (χ1v) is 7.21. The summed E-state index contributed by atoms with van der Waals surface area (Å²) in [6, 6.07) is 1.93. The van der Waals surface area contributed by atoms with E-state index < -0.39 is 0 Å². The van der Waals surface area contributed by atoms with E-state index in [9.17, 15) is 9.59 Å². The van der Waals surface area contributed by atoms with Gasteiger partial charge in [0.25, 0.3) is 0 Å².